The zero-order valence-corrected chi connectivity index (χ0v) is 23.1. The van der Waals surface area contributed by atoms with Crippen LogP contribution in [-0.4, -0.2) is 23.4 Å². The number of amides is 1. The molecule has 3 saturated carbocycles. The highest BCUT2D eigenvalue weighted by molar-refractivity contribution is 5.80. The van der Waals surface area contributed by atoms with E-state index in [2.05, 4.69) is 33.1 Å². The first-order valence-electron chi connectivity index (χ1n) is 14.1. The summed E-state index contributed by atoms with van der Waals surface area (Å²) in [6.07, 6.45) is 12.3. The lowest BCUT2D eigenvalue weighted by molar-refractivity contribution is -0.140. The molecule has 0 aromatic rings. The van der Waals surface area contributed by atoms with Gasteiger partial charge in [0.1, 0.15) is 12.3 Å². The SMILES string of the molecule is C=CC(C)(F)C1(C2CC(=C)C(C3CC(C4CC=C(OCC(C)(C)C(=O)NO)CC4)CC3C)C2C)CC1. The van der Waals surface area contributed by atoms with Gasteiger partial charge in [0.25, 0.3) is 5.91 Å². The normalized spacial score (nSPS) is 37.7. The van der Waals surface area contributed by atoms with E-state index in [4.69, 9.17) is 9.94 Å². The number of allylic oxidation sites excluding steroid dienone is 4. The van der Waals surface area contributed by atoms with Gasteiger partial charge in [0.15, 0.2) is 0 Å². The van der Waals surface area contributed by atoms with E-state index in [0.29, 0.717) is 41.4 Å². The summed E-state index contributed by atoms with van der Waals surface area (Å²) in [6.45, 7) is 18.7. The van der Waals surface area contributed by atoms with Gasteiger partial charge in [0.05, 0.1) is 11.2 Å². The molecule has 4 aliphatic rings. The Bertz CT molecular complexity index is 901. The molecule has 5 heteroatoms. The van der Waals surface area contributed by atoms with Crippen LogP contribution in [0.5, 0.6) is 0 Å². The van der Waals surface area contributed by atoms with Crippen LogP contribution in [0.15, 0.2) is 36.6 Å². The molecule has 0 aliphatic heterocycles. The van der Waals surface area contributed by atoms with Crippen molar-refractivity contribution in [2.75, 3.05) is 6.61 Å². The minimum Gasteiger partial charge on any atom is -0.497 e. The Kier molecular flexibility index (Phi) is 7.56. The zero-order chi connectivity index (χ0) is 26.5. The highest BCUT2D eigenvalue weighted by Gasteiger charge is 2.64. The van der Waals surface area contributed by atoms with E-state index in [1.165, 1.54) is 18.4 Å². The van der Waals surface area contributed by atoms with Crippen molar-refractivity contribution >= 4 is 5.91 Å². The Balaban J connectivity index is 1.36. The summed E-state index contributed by atoms with van der Waals surface area (Å²) in [4.78, 5) is 11.8. The molecule has 0 aromatic carbocycles. The van der Waals surface area contributed by atoms with Gasteiger partial charge in [-0.2, -0.15) is 0 Å². The van der Waals surface area contributed by atoms with Gasteiger partial charge >= 0.3 is 0 Å². The van der Waals surface area contributed by atoms with Crippen molar-refractivity contribution in [3.05, 3.63) is 36.6 Å². The lowest BCUT2D eigenvalue weighted by Crippen LogP contribution is -2.38. The summed E-state index contributed by atoms with van der Waals surface area (Å²) in [7, 11) is 0. The van der Waals surface area contributed by atoms with Crippen molar-refractivity contribution in [2.45, 2.75) is 91.7 Å². The maximum absolute atomic E-state index is 15.5. The molecule has 2 N–H and O–H groups in total. The van der Waals surface area contributed by atoms with Crippen molar-refractivity contribution in [3.8, 4) is 0 Å². The number of ether oxygens (including phenoxy) is 1. The first-order valence-corrected chi connectivity index (χ1v) is 14.1. The van der Waals surface area contributed by atoms with E-state index in [-0.39, 0.29) is 12.0 Å². The number of hydrogen-bond donors (Lipinski definition) is 2. The maximum Gasteiger partial charge on any atom is 0.252 e. The molecule has 0 radical (unpaired) electrons. The van der Waals surface area contributed by atoms with Crippen molar-refractivity contribution in [3.63, 3.8) is 0 Å². The van der Waals surface area contributed by atoms with Gasteiger partial charge in [-0.25, -0.2) is 9.87 Å². The van der Waals surface area contributed by atoms with E-state index in [9.17, 15) is 4.79 Å². The molecule has 4 aliphatic carbocycles. The summed E-state index contributed by atoms with van der Waals surface area (Å²) < 4.78 is 21.5. The number of hydrogen-bond acceptors (Lipinski definition) is 3. The largest absolute Gasteiger partial charge is 0.497 e. The number of alkyl halides is 1. The van der Waals surface area contributed by atoms with Gasteiger partial charge in [-0.3, -0.25) is 10.0 Å². The fourth-order valence-electron chi connectivity index (χ4n) is 8.27. The molecule has 0 spiro atoms. The number of carbonyl (C=O) groups excluding carboxylic acids is 1. The van der Waals surface area contributed by atoms with Crippen LogP contribution in [0.2, 0.25) is 0 Å². The van der Waals surface area contributed by atoms with Gasteiger partial charge in [0.2, 0.25) is 0 Å². The first-order chi connectivity index (χ1) is 16.9. The molecule has 8 atom stereocenters. The molecule has 8 unspecified atom stereocenters. The second-order valence-corrected chi connectivity index (χ2v) is 13.5. The Morgan fingerprint density at radius 2 is 1.97 bits per heavy atom. The zero-order valence-electron chi connectivity index (χ0n) is 23.1. The van der Waals surface area contributed by atoms with E-state index in [0.717, 1.165) is 44.3 Å². The lowest BCUT2D eigenvalue weighted by Gasteiger charge is -2.37. The van der Waals surface area contributed by atoms with Gasteiger partial charge in [0, 0.05) is 11.8 Å². The van der Waals surface area contributed by atoms with Crippen LogP contribution in [0.25, 0.3) is 0 Å². The van der Waals surface area contributed by atoms with E-state index in [1.807, 2.05) is 0 Å². The average molecular weight is 502 g/mol. The van der Waals surface area contributed by atoms with Crippen LogP contribution in [0, 0.1) is 52.3 Å². The lowest BCUT2D eigenvalue weighted by atomic mass is 9.69. The smallest absolute Gasteiger partial charge is 0.252 e. The van der Waals surface area contributed by atoms with Crippen molar-refractivity contribution in [1.82, 2.24) is 5.48 Å². The Morgan fingerprint density at radius 3 is 2.53 bits per heavy atom. The van der Waals surface area contributed by atoms with E-state index in [1.54, 1.807) is 32.3 Å². The highest BCUT2D eigenvalue weighted by Crippen LogP contribution is 2.69. The topological polar surface area (TPSA) is 58.6 Å². The predicted octanol–water partition coefficient (Wildman–Crippen LogP) is 7.40. The van der Waals surface area contributed by atoms with Gasteiger partial charge in [-0.1, -0.05) is 38.7 Å². The van der Waals surface area contributed by atoms with Crippen LogP contribution in [0.3, 0.4) is 0 Å². The summed E-state index contributed by atoms with van der Waals surface area (Å²) in [5.74, 6) is 4.61. The molecule has 4 nitrogen and oxygen atoms in total. The Hall–Kier alpha value is -1.62. The molecule has 0 aromatic heterocycles. The summed E-state index contributed by atoms with van der Waals surface area (Å²) in [6, 6.07) is 0. The minimum absolute atomic E-state index is 0.232. The van der Waals surface area contributed by atoms with Crippen LogP contribution in [-0.2, 0) is 9.53 Å². The number of rotatable bonds is 9. The third-order valence-corrected chi connectivity index (χ3v) is 10.9. The molecule has 3 fully saturated rings. The second kappa shape index (κ2) is 9.93. The van der Waals surface area contributed by atoms with Crippen molar-refractivity contribution < 1.29 is 19.1 Å². The predicted molar refractivity (Wildman–Crippen MR) is 142 cm³/mol. The van der Waals surface area contributed by atoms with Gasteiger partial charge in [-0.15, -0.1) is 0 Å². The highest BCUT2D eigenvalue weighted by atomic mass is 19.1. The number of hydroxylamine groups is 1. The molecule has 0 saturated heterocycles. The quantitative estimate of drug-likeness (QED) is 0.197. The monoisotopic (exact) mass is 501 g/mol. The van der Waals surface area contributed by atoms with Crippen LogP contribution < -0.4 is 5.48 Å². The molecular formula is C31H48FNO3. The van der Waals surface area contributed by atoms with Gasteiger partial charge < -0.3 is 4.74 Å². The van der Waals surface area contributed by atoms with Crippen molar-refractivity contribution in [1.29, 1.82) is 0 Å². The van der Waals surface area contributed by atoms with Crippen molar-refractivity contribution in [2.24, 2.45) is 52.3 Å². The number of carbonyl (C=O) groups is 1. The number of halogens is 1. The van der Waals surface area contributed by atoms with Crippen LogP contribution >= 0.6 is 0 Å². The summed E-state index contributed by atoms with van der Waals surface area (Å²) in [5.41, 5.74) is 0.795. The fourth-order valence-corrected chi connectivity index (χ4v) is 8.27. The van der Waals surface area contributed by atoms with E-state index >= 15 is 4.39 Å². The average Bonchev–Trinajstić information content (AvgIpc) is 3.51. The minimum atomic E-state index is -1.30. The first kappa shape index (κ1) is 27.4. The third kappa shape index (κ3) is 4.81. The number of nitrogens with one attached hydrogen (secondary N) is 1. The molecule has 1 amide bonds. The maximum atomic E-state index is 15.5. The summed E-state index contributed by atoms with van der Waals surface area (Å²) >= 11 is 0. The fraction of sp³-hybridized carbons (Fsp3) is 0.774. The Morgan fingerprint density at radius 1 is 1.28 bits per heavy atom. The molecule has 0 heterocycles. The standard InChI is InChI=1S/C31H48FNO3/c1-8-30(7,32)31(13-14-31)26-16-20(3)27(21(26)4)25-17-23(15-19(25)2)22-9-11-24(12-10-22)36-18-29(5,6)28(34)33-35/h8,11,19,21-23,25-27,35H,1,3,9-10,12-18H2,2,4-7H3,(H,33,34). The van der Waals surface area contributed by atoms with Crippen LogP contribution in [0.1, 0.15) is 86.0 Å². The molecule has 0 bridgehead atoms. The van der Waals surface area contributed by atoms with Crippen LogP contribution in [0.4, 0.5) is 4.39 Å². The third-order valence-electron chi connectivity index (χ3n) is 10.9. The Labute approximate surface area is 217 Å². The van der Waals surface area contributed by atoms with E-state index < -0.39 is 17.0 Å². The molecule has 4 rings (SSSR count). The molecule has 202 valence electrons. The molecular weight excluding hydrogens is 453 g/mol. The van der Waals surface area contributed by atoms with Gasteiger partial charge in [-0.05, 0) is 113 Å². The second-order valence-electron chi connectivity index (χ2n) is 13.5. The molecule has 36 heavy (non-hydrogen) atoms. The summed E-state index contributed by atoms with van der Waals surface area (Å²) in [5, 5.41) is 8.93.